The van der Waals surface area contributed by atoms with Gasteiger partial charge in [-0.05, 0) is 50.9 Å². The lowest BCUT2D eigenvalue weighted by atomic mass is 9.82. The van der Waals surface area contributed by atoms with E-state index in [1.54, 1.807) is 5.57 Å². The molecule has 1 heteroatoms. The number of ether oxygens (including phenoxy) is 1. The molecular formula is C15H26O. The maximum atomic E-state index is 5.75. The molecule has 1 fully saturated rings. The third kappa shape index (κ3) is 3.35. The van der Waals surface area contributed by atoms with Crippen molar-refractivity contribution in [3.05, 3.63) is 11.6 Å². The minimum absolute atomic E-state index is 0.504. The van der Waals surface area contributed by atoms with E-state index in [1.165, 1.54) is 64.2 Å². The largest absolute Gasteiger partial charge is 0.381 e. The van der Waals surface area contributed by atoms with Crippen LogP contribution in [0.25, 0.3) is 0 Å². The summed E-state index contributed by atoms with van der Waals surface area (Å²) in [5.74, 6) is 0.835. The first kappa shape index (κ1) is 12.2. The van der Waals surface area contributed by atoms with Crippen molar-refractivity contribution in [3.63, 3.8) is 0 Å². The third-order valence-corrected chi connectivity index (χ3v) is 4.33. The normalized spacial score (nSPS) is 25.2. The van der Waals surface area contributed by atoms with Crippen molar-refractivity contribution < 1.29 is 4.74 Å². The van der Waals surface area contributed by atoms with E-state index >= 15 is 0 Å². The average Bonchev–Trinajstić information content (AvgIpc) is 2.38. The fourth-order valence-corrected chi connectivity index (χ4v) is 3.30. The van der Waals surface area contributed by atoms with E-state index in [0.717, 1.165) is 5.92 Å². The molecule has 1 saturated carbocycles. The summed E-state index contributed by atoms with van der Waals surface area (Å²) in [6.45, 7) is 0. The van der Waals surface area contributed by atoms with Crippen LogP contribution in [0, 0.1) is 5.92 Å². The monoisotopic (exact) mass is 222 g/mol. The van der Waals surface area contributed by atoms with Gasteiger partial charge in [-0.25, -0.2) is 0 Å². The van der Waals surface area contributed by atoms with Crippen LogP contribution in [0.1, 0.15) is 64.2 Å². The van der Waals surface area contributed by atoms with E-state index < -0.39 is 0 Å². The first-order valence-electron chi connectivity index (χ1n) is 7.11. The Bertz CT molecular complexity index is 226. The van der Waals surface area contributed by atoms with Crippen molar-refractivity contribution in [2.75, 3.05) is 7.11 Å². The number of rotatable bonds is 4. The third-order valence-electron chi connectivity index (χ3n) is 4.33. The quantitative estimate of drug-likeness (QED) is 0.638. The van der Waals surface area contributed by atoms with Gasteiger partial charge in [-0.3, -0.25) is 0 Å². The molecule has 0 radical (unpaired) electrons. The SMILES string of the molecule is COC(CC1=CCCCC1)C1CCCCC1. The van der Waals surface area contributed by atoms with E-state index in [4.69, 9.17) is 4.74 Å². The Hall–Kier alpha value is -0.300. The van der Waals surface area contributed by atoms with Crippen LogP contribution >= 0.6 is 0 Å². The molecule has 2 aliphatic rings. The van der Waals surface area contributed by atoms with Gasteiger partial charge in [0, 0.05) is 7.11 Å². The number of methoxy groups -OCH3 is 1. The molecule has 1 nitrogen and oxygen atoms in total. The van der Waals surface area contributed by atoms with Crippen LogP contribution in [-0.2, 0) is 4.74 Å². The summed E-state index contributed by atoms with van der Waals surface area (Å²) in [7, 11) is 1.91. The van der Waals surface area contributed by atoms with Crippen molar-refractivity contribution >= 4 is 0 Å². The maximum absolute atomic E-state index is 5.75. The van der Waals surface area contributed by atoms with Crippen molar-refractivity contribution in [1.29, 1.82) is 0 Å². The molecule has 2 aliphatic carbocycles. The highest BCUT2D eigenvalue weighted by atomic mass is 16.5. The molecule has 0 bridgehead atoms. The lowest BCUT2D eigenvalue weighted by molar-refractivity contribution is 0.0362. The zero-order valence-corrected chi connectivity index (χ0v) is 10.7. The Morgan fingerprint density at radius 3 is 2.62 bits per heavy atom. The van der Waals surface area contributed by atoms with Gasteiger partial charge in [-0.1, -0.05) is 30.9 Å². The predicted octanol–water partition coefficient (Wildman–Crippen LogP) is 4.47. The molecule has 0 aromatic carbocycles. The topological polar surface area (TPSA) is 9.23 Å². The van der Waals surface area contributed by atoms with Gasteiger partial charge >= 0.3 is 0 Å². The maximum Gasteiger partial charge on any atom is 0.0636 e. The van der Waals surface area contributed by atoms with Gasteiger partial charge in [0.2, 0.25) is 0 Å². The summed E-state index contributed by atoms with van der Waals surface area (Å²) < 4.78 is 5.75. The molecular weight excluding hydrogens is 196 g/mol. The van der Waals surface area contributed by atoms with Gasteiger partial charge in [0.15, 0.2) is 0 Å². The second kappa shape index (κ2) is 6.44. The van der Waals surface area contributed by atoms with Crippen LogP contribution in [0.15, 0.2) is 11.6 Å². The van der Waals surface area contributed by atoms with Gasteiger partial charge in [0.25, 0.3) is 0 Å². The van der Waals surface area contributed by atoms with Gasteiger partial charge < -0.3 is 4.74 Å². The second-order valence-corrected chi connectivity index (χ2v) is 5.48. The average molecular weight is 222 g/mol. The molecule has 2 rings (SSSR count). The molecule has 0 aromatic rings. The molecule has 1 unspecified atom stereocenters. The molecule has 92 valence electrons. The van der Waals surface area contributed by atoms with E-state index in [-0.39, 0.29) is 0 Å². The van der Waals surface area contributed by atoms with Crippen molar-refractivity contribution in [1.82, 2.24) is 0 Å². The Morgan fingerprint density at radius 1 is 1.19 bits per heavy atom. The minimum Gasteiger partial charge on any atom is -0.381 e. The summed E-state index contributed by atoms with van der Waals surface area (Å²) in [6.07, 6.45) is 16.7. The fourth-order valence-electron chi connectivity index (χ4n) is 3.30. The lowest BCUT2D eigenvalue weighted by Gasteiger charge is -2.30. The highest BCUT2D eigenvalue weighted by Gasteiger charge is 2.24. The molecule has 0 saturated heterocycles. The smallest absolute Gasteiger partial charge is 0.0636 e. The number of allylic oxidation sites excluding steroid dienone is 1. The standard InChI is InChI=1S/C15H26O/c1-16-15(14-10-6-3-7-11-14)12-13-8-4-2-5-9-13/h8,14-15H,2-7,9-12H2,1H3. The summed E-state index contributed by atoms with van der Waals surface area (Å²) in [5.41, 5.74) is 1.67. The highest BCUT2D eigenvalue weighted by Crippen LogP contribution is 2.32. The van der Waals surface area contributed by atoms with Crippen molar-refractivity contribution in [2.45, 2.75) is 70.3 Å². The van der Waals surface area contributed by atoms with Crippen LogP contribution in [0.4, 0.5) is 0 Å². The molecule has 0 heterocycles. The van der Waals surface area contributed by atoms with Gasteiger partial charge in [-0.15, -0.1) is 0 Å². The summed E-state index contributed by atoms with van der Waals surface area (Å²) >= 11 is 0. The van der Waals surface area contributed by atoms with Crippen molar-refractivity contribution in [3.8, 4) is 0 Å². The van der Waals surface area contributed by atoms with Gasteiger partial charge in [0.05, 0.1) is 6.10 Å². The summed E-state index contributed by atoms with van der Waals surface area (Å²) in [5, 5.41) is 0. The molecule has 0 N–H and O–H groups in total. The van der Waals surface area contributed by atoms with Gasteiger partial charge in [-0.2, -0.15) is 0 Å². The van der Waals surface area contributed by atoms with Crippen LogP contribution in [0.3, 0.4) is 0 Å². The molecule has 16 heavy (non-hydrogen) atoms. The van der Waals surface area contributed by atoms with E-state index in [9.17, 15) is 0 Å². The molecule has 0 amide bonds. The minimum atomic E-state index is 0.504. The van der Waals surface area contributed by atoms with Crippen LogP contribution in [0.2, 0.25) is 0 Å². The van der Waals surface area contributed by atoms with E-state index in [2.05, 4.69) is 6.08 Å². The van der Waals surface area contributed by atoms with Crippen LogP contribution in [0.5, 0.6) is 0 Å². The Morgan fingerprint density at radius 2 is 2.00 bits per heavy atom. The van der Waals surface area contributed by atoms with Crippen molar-refractivity contribution in [2.24, 2.45) is 5.92 Å². The van der Waals surface area contributed by atoms with E-state index in [1.807, 2.05) is 7.11 Å². The zero-order chi connectivity index (χ0) is 11.2. The van der Waals surface area contributed by atoms with E-state index in [0.29, 0.717) is 6.10 Å². The number of hydrogen-bond donors (Lipinski definition) is 0. The second-order valence-electron chi connectivity index (χ2n) is 5.48. The molecule has 1 atom stereocenters. The Labute approximate surface area is 100 Å². The molecule has 0 spiro atoms. The summed E-state index contributed by atoms with van der Waals surface area (Å²) in [4.78, 5) is 0. The zero-order valence-electron chi connectivity index (χ0n) is 10.7. The fraction of sp³-hybridized carbons (Fsp3) is 0.867. The Balaban J connectivity index is 1.86. The molecule has 0 aliphatic heterocycles. The van der Waals surface area contributed by atoms with Gasteiger partial charge in [0.1, 0.15) is 0 Å². The lowest BCUT2D eigenvalue weighted by Crippen LogP contribution is -2.25. The first-order valence-corrected chi connectivity index (χ1v) is 7.11. The highest BCUT2D eigenvalue weighted by molar-refractivity contribution is 5.07. The van der Waals surface area contributed by atoms with Crippen LogP contribution in [-0.4, -0.2) is 13.2 Å². The van der Waals surface area contributed by atoms with Crippen LogP contribution < -0.4 is 0 Å². The predicted molar refractivity (Wildman–Crippen MR) is 68.5 cm³/mol. The number of hydrogen-bond acceptors (Lipinski definition) is 1. The summed E-state index contributed by atoms with van der Waals surface area (Å²) in [6, 6.07) is 0. The Kier molecular flexibility index (Phi) is 4.90. The first-order chi connectivity index (χ1) is 7.90. The molecule has 0 aromatic heterocycles.